The van der Waals surface area contributed by atoms with E-state index in [1.807, 2.05) is 55.5 Å². The number of benzene rings is 3. The van der Waals surface area contributed by atoms with Gasteiger partial charge in [-0.05, 0) is 47.7 Å². The highest BCUT2D eigenvalue weighted by atomic mass is 32.2. The maximum Gasteiger partial charge on any atom is 0.190 e. The predicted octanol–water partition coefficient (Wildman–Crippen LogP) is 4.73. The van der Waals surface area contributed by atoms with E-state index in [1.54, 1.807) is 0 Å². The van der Waals surface area contributed by atoms with Crippen LogP contribution >= 0.6 is 0 Å². The third kappa shape index (κ3) is 2.81. The average molecular weight is 334 g/mol. The number of hydrogen-bond donors (Lipinski definition) is 0. The minimum absolute atomic E-state index is 0.298. The van der Waals surface area contributed by atoms with Crippen LogP contribution in [0.25, 0.3) is 0 Å². The number of aryl methyl sites for hydroxylation is 1. The van der Waals surface area contributed by atoms with Crippen LogP contribution in [0.15, 0.2) is 77.7 Å². The molecule has 0 saturated carbocycles. The molecule has 1 aliphatic carbocycles. The standard InChI is InChI=1S/C21H18O2S/c1-15-10-12-18(13-11-15)24(22)23-21-19-8-4-2-6-16(19)14-17-7-3-5-9-20(17)21/h2-13,21H,14H2,1H3/t24-/m0/s1. The number of fused-ring (bicyclic) bond motifs is 2. The normalized spacial score (nSPS) is 14.7. The van der Waals surface area contributed by atoms with Crippen molar-refractivity contribution in [2.75, 3.05) is 0 Å². The van der Waals surface area contributed by atoms with Crippen molar-refractivity contribution in [3.8, 4) is 0 Å². The first kappa shape index (κ1) is 15.3. The van der Waals surface area contributed by atoms with Crippen molar-refractivity contribution in [1.82, 2.24) is 0 Å². The lowest BCUT2D eigenvalue weighted by atomic mass is 9.84. The molecule has 0 aromatic heterocycles. The monoisotopic (exact) mass is 334 g/mol. The maximum absolute atomic E-state index is 12.7. The largest absolute Gasteiger partial charge is 0.274 e. The Morgan fingerprint density at radius 2 is 1.38 bits per heavy atom. The molecule has 4 rings (SSSR count). The van der Waals surface area contributed by atoms with Gasteiger partial charge in [-0.3, -0.25) is 4.18 Å². The van der Waals surface area contributed by atoms with Crippen molar-refractivity contribution >= 4 is 11.1 Å². The Labute approximate surface area is 144 Å². The Morgan fingerprint density at radius 1 is 0.833 bits per heavy atom. The Bertz CT molecular complexity index is 854. The molecule has 120 valence electrons. The Hall–Kier alpha value is -2.23. The minimum atomic E-state index is -1.50. The van der Waals surface area contributed by atoms with Gasteiger partial charge in [0.1, 0.15) is 6.10 Å². The van der Waals surface area contributed by atoms with Crippen LogP contribution in [-0.2, 0) is 21.7 Å². The van der Waals surface area contributed by atoms with Crippen LogP contribution in [0, 0.1) is 6.92 Å². The third-order valence-corrected chi connectivity index (χ3v) is 5.48. The zero-order chi connectivity index (χ0) is 16.5. The SMILES string of the molecule is Cc1ccc([S@@](=O)OC2c3ccccc3Cc3ccccc32)cc1. The van der Waals surface area contributed by atoms with E-state index in [-0.39, 0.29) is 6.10 Å². The molecule has 0 bridgehead atoms. The van der Waals surface area contributed by atoms with Gasteiger partial charge in [-0.1, -0.05) is 66.2 Å². The van der Waals surface area contributed by atoms with Gasteiger partial charge in [-0.15, -0.1) is 0 Å². The highest BCUT2D eigenvalue weighted by Crippen LogP contribution is 2.38. The second kappa shape index (κ2) is 6.34. The van der Waals surface area contributed by atoms with E-state index in [0.29, 0.717) is 4.90 Å². The van der Waals surface area contributed by atoms with E-state index in [2.05, 4.69) is 24.3 Å². The maximum atomic E-state index is 12.7. The van der Waals surface area contributed by atoms with Crippen molar-refractivity contribution in [2.45, 2.75) is 24.3 Å². The molecular weight excluding hydrogens is 316 g/mol. The van der Waals surface area contributed by atoms with Crippen LogP contribution < -0.4 is 0 Å². The fraction of sp³-hybridized carbons (Fsp3) is 0.143. The van der Waals surface area contributed by atoms with Crippen LogP contribution in [0.1, 0.15) is 33.9 Å². The van der Waals surface area contributed by atoms with E-state index in [4.69, 9.17) is 4.18 Å². The molecule has 0 heterocycles. The lowest BCUT2D eigenvalue weighted by Gasteiger charge is -2.27. The fourth-order valence-electron chi connectivity index (χ4n) is 3.17. The molecular formula is C21H18O2S. The van der Waals surface area contributed by atoms with Crippen molar-refractivity contribution in [2.24, 2.45) is 0 Å². The second-order valence-electron chi connectivity index (χ2n) is 6.10. The molecule has 0 N–H and O–H groups in total. The van der Waals surface area contributed by atoms with Gasteiger partial charge in [-0.2, -0.15) is 0 Å². The van der Waals surface area contributed by atoms with Gasteiger partial charge in [0, 0.05) is 0 Å². The molecule has 0 saturated heterocycles. The molecule has 2 nitrogen and oxygen atoms in total. The molecule has 1 aliphatic rings. The van der Waals surface area contributed by atoms with E-state index < -0.39 is 11.1 Å². The van der Waals surface area contributed by atoms with Gasteiger partial charge in [0.2, 0.25) is 0 Å². The quantitative estimate of drug-likeness (QED) is 0.692. The molecule has 3 aromatic rings. The summed E-state index contributed by atoms with van der Waals surface area (Å²) in [5, 5.41) is 0. The number of hydrogen-bond acceptors (Lipinski definition) is 2. The molecule has 0 amide bonds. The van der Waals surface area contributed by atoms with E-state index >= 15 is 0 Å². The van der Waals surface area contributed by atoms with Crippen molar-refractivity contribution in [1.29, 1.82) is 0 Å². The molecule has 3 aromatic carbocycles. The molecule has 3 heteroatoms. The number of rotatable bonds is 3. The summed E-state index contributed by atoms with van der Waals surface area (Å²) in [5.74, 6) is 0. The summed E-state index contributed by atoms with van der Waals surface area (Å²) in [6.07, 6.45) is 0.594. The topological polar surface area (TPSA) is 26.3 Å². The highest BCUT2D eigenvalue weighted by Gasteiger charge is 2.27. The van der Waals surface area contributed by atoms with Gasteiger partial charge < -0.3 is 0 Å². The van der Waals surface area contributed by atoms with Crippen LogP contribution in [-0.4, -0.2) is 4.21 Å². The smallest absolute Gasteiger partial charge is 0.190 e. The summed E-state index contributed by atoms with van der Waals surface area (Å²) in [7, 11) is 0. The molecule has 0 spiro atoms. The predicted molar refractivity (Wildman–Crippen MR) is 96.2 cm³/mol. The zero-order valence-corrected chi connectivity index (χ0v) is 14.3. The molecule has 24 heavy (non-hydrogen) atoms. The molecule has 0 unspecified atom stereocenters. The summed E-state index contributed by atoms with van der Waals surface area (Å²) in [6.45, 7) is 2.02. The van der Waals surface area contributed by atoms with E-state index in [9.17, 15) is 4.21 Å². The highest BCUT2D eigenvalue weighted by molar-refractivity contribution is 7.80. The first-order valence-corrected chi connectivity index (χ1v) is 9.11. The van der Waals surface area contributed by atoms with Crippen LogP contribution in [0.5, 0.6) is 0 Å². The fourth-order valence-corrected chi connectivity index (χ4v) is 4.02. The summed E-state index contributed by atoms with van der Waals surface area (Å²) in [5.41, 5.74) is 5.83. The van der Waals surface area contributed by atoms with E-state index in [1.165, 1.54) is 11.1 Å². The molecule has 1 atom stereocenters. The third-order valence-electron chi connectivity index (χ3n) is 4.45. The second-order valence-corrected chi connectivity index (χ2v) is 7.23. The first-order valence-electron chi connectivity index (χ1n) is 8.03. The van der Waals surface area contributed by atoms with Gasteiger partial charge in [0.05, 0.1) is 4.90 Å². The molecule has 0 radical (unpaired) electrons. The van der Waals surface area contributed by atoms with Crippen molar-refractivity contribution in [3.05, 3.63) is 101 Å². The summed E-state index contributed by atoms with van der Waals surface area (Å²) < 4.78 is 18.8. The van der Waals surface area contributed by atoms with Gasteiger partial charge >= 0.3 is 0 Å². The lowest BCUT2D eigenvalue weighted by Crippen LogP contribution is -2.17. The Morgan fingerprint density at radius 3 is 1.96 bits per heavy atom. The van der Waals surface area contributed by atoms with Crippen molar-refractivity contribution in [3.63, 3.8) is 0 Å². The minimum Gasteiger partial charge on any atom is -0.274 e. The van der Waals surface area contributed by atoms with Crippen LogP contribution in [0.3, 0.4) is 0 Å². The summed E-state index contributed by atoms with van der Waals surface area (Å²) in [6, 6.07) is 24.1. The average Bonchev–Trinajstić information content (AvgIpc) is 2.62. The van der Waals surface area contributed by atoms with E-state index in [0.717, 1.165) is 23.1 Å². The Kier molecular flexibility index (Phi) is 4.05. The Balaban J connectivity index is 1.72. The first-order chi connectivity index (χ1) is 11.7. The van der Waals surface area contributed by atoms with Crippen LogP contribution in [0.2, 0.25) is 0 Å². The molecule has 0 fully saturated rings. The summed E-state index contributed by atoms with van der Waals surface area (Å²) in [4.78, 5) is 0.695. The zero-order valence-electron chi connectivity index (χ0n) is 13.4. The summed E-state index contributed by atoms with van der Waals surface area (Å²) >= 11 is -1.50. The van der Waals surface area contributed by atoms with Crippen molar-refractivity contribution < 1.29 is 8.39 Å². The van der Waals surface area contributed by atoms with Gasteiger partial charge in [0.15, 0.2) is 11.1 Å². The van der Waals surface area contributed by atoms with Gasteiger partial charge in [-0.25, -0.2) is 4.21 Å². The van der Waals surface area contributed by atoms with Crippen LogP contribution in [0.4, 0.5) is 0 Å². The van der Waals surface area contributed by atoms with Gasteiger partial charge in [0.25, 0.3) is 0 Å². The lowest BCUT2D eigenvalue weighted by molar-refractivity contribution is 0.270. The molecule has 0 aliphatic heterocycles.